The van der Waals surface area contributed by atoms with Gasteiger partial charge in [-0.25, -0.2) is 0 Å². The monoisotopic (exact) mass is 612 g/mol. The Morgan fingerprint density at radius 2 is 0.952 bits per heavy atom. The molecule has 0 aromatic heterocycles. The van der Waals surface area contributed by atoms with Crippen molar-refractivity contribution in [3.63, 3.8) is 0 Å². The van der Waals surface area contributed by atoms with Gasteiger partial charge in [0.15, 0.2) is 0 Å². The third-order valence-corrected chi connectivity index (χ3v) is 9.31. The van der Waals surface area contributed by atoms with Crippen LogP contribution in [0, 0.1) is 0 Å². The molecule has 1 saturated heterocycles. The van der Waals surface area contributed by atoms with Gasteiger partial charge in [-0.3, -0.25) is 38.5 Å². The molecule has 0 radical (unpaired) electrons. The number of carbonyl (C=O) groups excluding carboxylic acids is 3. The van der Waals surface area contributed by atoms with Crippen molar-refractivity contribution in [2.45, 2.75) is 27.7 Å². The normalized spacial score (nSPS) is 18.3. The highest BCUT2D eigenvalue weighted by atomic mass is 31.2. The Labute approximate surface area is 250 Å². The van der Waals surface area contributed by atoms with Crippen molar-refractivity contribution in [1.82, 2.24) is 19.6 Å². The summed E-state index contributed by atoms with van der Waals surface area (Å²) < 4.78 is 35.7. The zero-order chi connectivity index (χ0) is 30.8. The van der Waals surface area contributed by atoms with Gasteiger partial charge in [0.2, 0.25) is 7.37 Å². The van der Waals surface area contributed by atoms with Crippen LogP contribution in [-0.4, -0.2) is 142 Å². The van der Waals surface area contributed by atoms with Gasteiger partial charge in [-0.2, -0.15) is 0 Å². The number of esters is 3. The van der Waals surface area contributed by atoms with E-state index in [0.29, 0.717) is 84.1 Å². The van der Waals surface area contributed by atoms with Crippen LogP contribution >= 0.6 is 7.37 Å². The Balaban J connectivity index is 2.32. The van der Waals surface area contributed by atoms with Crippen molar-refractivity contribution in [1.29, 1.82) is 0 Å². The lowest BCUT2D eigenvalue weighted by molar-refractivity contribution is -0.146. The van der Waals surface area contributed by atoms with E-state index in [9.17, 15) is 18.9 Å². The van der Waals surface area contributed by atoms with Crippen molar-refractivity contribution in [2.24, 2.45) is 0 Å². The molecule has 1 aliphatic rings. The minimum atomic E-state index is -3.22. The second-order valence-corrected chi connectivity index (χ2v) is 12.3. The zero-order valence-corrected chi connectivity index (χ0v) is 26.6. The number of hydrogen-bond acceptors (Lipinski definition) is 12. The van der Waals surface area contributed by atoms with Gasteiger partial charge >= 0.3 is 17.9 Å². The highest BCUT2D eigenvalue weighted by molar-refractivity contribution is 7.66. The predicted octanol–water partition coefficient (Wildman–Crippen LogP) is 1.49. The molecular weight excluding hydrogens is 563 g/mol. The summed E-state index contributed by atoms with van der Waals surface area (Å²) in [7, 11) is -3.22. The summed E-state index contributed by atoms with van der Waals surface area (Å²) in [6.45, 7) is 12.7. The van der Waals surface area contributed by atoms with E-state index in [4.69, 9.17) is 18.7 Å². The summed E-state index contributed by atoms with van der Waals surface area (Å²) in [4.78, 5) is 45.2. The zero-order valence-electron chi connectivity index (χ0n) is 25.7. The first-order chi connectivity index (χ1) is 20.2. The van der Waals surface area contributed by atoms with E-state index in [-0.39, 0.29) is 43.8 Å². The molecule has 1 heterocycles. The topological polar surface area (TPSA) is 118 Å². The number of benzene rings is 1. The van der Waals surface area contributed by atoms with Gasteiger partial charge < -0.3 is 18.7 Å². The number of ether oxygens (including phenoxy) is 3. The number of nitrogens with zero attached hydrogens (tertiary/aromatic N) is 4. The van der Waals surface area contributed by atoms with E-state index >= 15 is 0 Å². The fraction of sp³-hybridized carbons (Fsp3) is 0.690. The Morgan fingerprint density at radius 3 is 1.29 bits per heavy atom. The minimum absolute atomic E-state index is 0.103. The minimum Gasteiger partial charge on any atom is -0.465 e. The molecule has 0 bridgehead atoms. The van der Waals surface area contributed by atoms with Crippen LogP contribution in [-0.2, 0) is 37.7 Å². The van der Waals surface area contributed by atoms with Crippen molar-refractivity contribution in [3.05, 3.63) is 30.3 Å². The number of rotatable bonds is 14. The van der Waals surface area contributed by atoms with Crippen LogP contribution in [0.1, 0.15) is 27.7 Å². The van der Waals surface area contributed by atoms with Crippen molar-refractivity contribution < 1.29 is 37.7 Å². The van der Waals surface area contributed by atoms with Gasteiger partial charge in [0, 0.05) is 57.7 Å². The summed E-state index contributed by atoms with van der Waals surface area (Å²) in [5.41, 5.74) is 0. The smallest absolute Gasteiger partial charge is 0.320 e. The second-order valence-electron chi connectivity index (χ2n) is 9.93. The molecule has 0 saturated carbocycles. The molecule has 13 heteroatoms. The highest BCUT2D eigenvalue weighted by Crippen LogP contribution is 2.46. The summed E-state index contributed by atoms with van der Waals surface area (Å²) >= 11 is 0. The third kappa shape index (κ3) is 13.3. The van der Waals surface area contributed by atoms with Gasteiger partial charge in [0.1, 0.15) is 0 Å². The van der Waals surface area contributed by atoms with Gasteiger partial charge in [0.05, 0.1) is 52.3 Å². The van der Waals surface area contributed by atoms with E-state index in [0.717, 1.165) is 0 Å². The molecule has 0 spiro atoms. The summed E-state index contributed by atoms with van der Waals surface area (Å²) in [6.07, 6.45) is 0.195. The lowest BCUT2D eigenvalue weighted by Gasteiger charge is -2.34. The quantitative estimate of drug-likeness (QED) is 0.172. The maximum Gasteiger partial charge on any atom is 0.320 e. The summed E-state index contributed by atoms with van der Waals surface area (Å²) in [5, 5.41) is 0.652. The lowest BCUT2D eigenvalue weighted by atomic mass is 10.3. The molecular formula is C29H49N4O8P. The maximum atomic E-state index is 14.2. The molecule has 0 N–H and O–H groups in total. The fourth-order valence-corrected chi connectivity index (χ4v) is 6.93. The van der Waals surface area contributed by atoms with Crippen LogP contribution in [0.5, 0.6) is 0 Å². The molecule has 1 atom stereocenters. The van der Waals surface area contributed by atoms with Crippen LogP contribution in [0.25, 0.3) is 0 Å². The molecule has 1 unspecified atom stereocenters. The van der Waals surface area contributed by atoms with E-state index in [1.807, 2.05) is 52.0 Å². The van der Waals surface area contributed by atoms with Crippen molar-refractivity contribution in [2.75, 3.05) is 105 Å². The number of hydrogen-bond donors (Lipinski definition) is 0. The van der Waals surface area contributed by atoms with Gasteiger partial charge in [-0.05, 0) is 39.8 Å². The van der Waals surface area contributed by atoms with Crippen LogP contribution in [0.2, 0.25) is 0 Å². The molecule has 2 rings (SSSR count). The fourth-order valence-electron chi connectivity index (χ4n) is 4.69. The average Bonchev–Trinajstić information content (AvgIpc) is 2.95. The SMILES string of the molecule is CCOC(=O)CN1CCN(CC(=O)OCC)CCN(CP(=O)(OCC)c2ccccc2)CCN(CC(=O)OCC)CC1. The Hall–Kier alpha value is -2.34. The van der Waals surface area contributed by atoms with Crippen molar-refractivity contribution >= 4 is 30.6 Å². The Kier molecular flexibility index (Phi) is 16.9. The molecule has 1 aromatic rings. The summed E-state index contributed by atoms with van der Waals surface area (Å²) in [6, 6.07) is 9.22. The second kappa shape index (κ2) is 19.8. The Bertz CT molecular complexity index is 963. The molecule has 42 heavy (non-hydrogen) atoms. The lowest BCUT2D eigenvalue weighted by Crippen LogP contribution is -2.49. The highest BCUT2D eigenvalue weighted by Gasteiger charge is 2.30. The molecule has 1 aliphatic heterocycles. The first-order valence-electron chi connectivity index (χ1n) is 14.9. The average molecular weight is 613 g/mol. The van der Waals surface area contributed by atoms with Gasteiger partial charge in [0.25, 0.3) is 0 Å². The van der Waals surface area contributed by atoms with E-state index in [2.05, 4.69) is 4.90 Å². The molecule has 12 nitrogen and oxygen atoms in total. The Morgan fingerprint density at radius 1 is 0.595 bits per heavy atom. The van der Waals surface area contributed by atoms with E-state index in [1.165, 1.54) is 0 Å². The molecule has 0 amide bonds. The van der Waals surface area contributed by atoms with Crippen molar-refractivity contribution in [3.8, 4) is 0 Å². The van der Waals surface area contributed by atoms with Crippen LogP contribution in [0.3, 0.4) is 0 Å². The van der Waals surface area contributed by atoms with E-state index < -0.39 is 7.37 Å². The standard InChI is InChI=1S/C29H49N4O8P/c1-5-38-27(34)22-30-14-16-31(23-28(35)39-6-2)18-20-33(21-19-32(17-15-30)24-29(36)40-7-3)25-42(37,41-8-4)26-12-10-9-11-13-26/h9-13H,5-8,14-25H2,1-4H3. The number of carbonyl (C=O) groups is 3. The van der Waals surface area contributed by atoms with Crippen LogP contribution in [0.15, 0.2) is 30.3 Å². The predicted molar refractivity (Wildman–Crippen MR) is 161 cm³/mol. The molecule has 0 aliphatic carbocycles. The largest absolute Gasteiger partial charge is 0.465 e. The van der Waals surface area contributed by atoms with Crippen LogP contribution in [0.4, 0.5) is 0 Å². The first-order valence-corrected chi connectivity index (χ1v) is 16.7. The summed E-state index contributed by atoms with van der Waals surface area (Å²) in [5.74, 6) is -0.965. The van der Waals surface area contributed by atoms with E-state index in [1.54, 1.807) is 20.8 Å². The first kappa shape index (κ1) is 35.9. The molecule has 238 valence electrons. The molecule has 1 fully saturated rings. The van der Waals surface area contributed by atoms with Gasteiger partial charge in [-0.1, -0.05) is 18.2 Å². The van der Waals surface area contributed by atoms with Crippen LogP contribution < -0.4 is 5.30 Å². The third-order valence-electron chi connectivity index (χ3n) is 6.78. The van der Waals surface area contributed by atoms with Gasteiger partial charge in [-0.15, -0.1) is 0 Å². The maximum absolute atomic E-state index is 14.2. The molecule has 1 aromatic carbocycles.